The molecule has 0 saturated carbocycles. The molecule has 6 heteroatoms. The van der Waals surface area contributed by atoms with Crippen molar-refractivity contribution in [3.05, 3.63) is 64.5 Å². The normalized spacial score (nSPS) is 10.6. The minimum absolute atomic E-state index is 0.0782. The first-order valence-corrected chi connectivity index (χ1v) is 6.87. The molecule has 1 aromatic heterocycles. The Balaban J connectivity index is 1.97. The molecule has 110 valence electrons. The largest absolute Gasteiger partial charge is 0.508 e. The molecule has 0 fully saturated rings. The number of hydrogen-bond acceptors (Lipinski definition) is 5. The Bertz CT molecular complexity index is 821. The van der Waals surface area contributed by atoms with E-state index in [0.29, 0.717) is 16.1 Å². The zero-order valence-corrected chi connectivity index (χ0v) is 12.3. The maximum absolute atomic E-state index is 12.3. The Morgan fingerprint density at radius 3 is 2.59 bits per heavy atom. The predicted molar refractivity (Wildman–Crippen MR) is 81.0 cm³/mol. The van der Waals surface area contributed by atoms with Gasteiger partial charge >= 0.3 is 0 Å². The fourth-order valence-electron chi connectivity index (χ4n) is 2.07. The SMILES string of the molecule is Cc1cccc(Cl)c1-c1noc(C(=O)c2ccc(O)cc2)n1. The number of halogens is 1. The van der Waals surface area contributed by atoms with Crippen LogP contribution in [0.25, 0.3) is 11.4 Å². The standard InChI is InChI=1S/C16H11ClN2O3/c1-9-3-2-4-12(17)13(9)15-18-16(22-19-15)14(21)10-5-7-11(20)8-6-10/h2-8,20H,1H3. The first kappa shape index (κ1) is 14.3. The highest BCUT2D eigenvalue weighted by Crippen LogP contribution is 2.29. The summed E-state index contributed by atoms with van der Waals surface area (Å²) in [5, 5.41) is 13.6. The first-order valence-electron chi connectivity index (χ1n) is 6.49. The summed E-state index contributed by atoms with van der Waals surface area (Å²) in [4.78, 5) is 16.4. The smallest absolute Gasteiger partial charge is 0.299 e. The Morgan fingerprint density at radius 2 is 1.91 bits per heavy atom. The van der Waals surface area contributed by atoms with E-state index in [1.54, 1.807) is 6.07 Å². The van der Waals surface area contributed by atoms with E-state index < -0.39 is 5.78 Å². The van der Waals surface area contributed by atoms with Gasteiger partial charge in [-0.3, -0.25) is 4.79 Å². The second-order valence-electron chi connectivity index (χ2n) is 4.73. The van der Waals surface area contributed by atoms with Crippen molar-refractivity contribution in [3.63, 3.8) is 0 Å². The molecule has 0 aliphatic carbocycles. The third kappa shape index (κ3) is 2.58. The second-order valence-corrected chi connectivity index (χ2v) is 5.14. The van der Waals surface area contributed by atoms with Crippen LogP contribution in [-0.4, -0.2) is 21.0 Å². The van der Waals surface area contributed by atoms with Crippen LogP contribution in [0.1, 0.15) is 21.8 Å². The highest BCUT2D eigenvalue weighted by molar-refractivity contribution is 6.33. The molecular weight excluding hydrogens is 304 g/mol. The molecule has 3 aromatic rings. The number of rotatable bonds is 3. The number of aryl methyl sites for hydroxylation is 1. The summed E-state index contributed by atoms with van der Waals surface area (Å²) in [7, 11) is 0. The summed E-state index contributed by atoms with van der Waals surface area (Å²) in [6, 6.07) is 11.2. The molecule has 5 nitrogen and oxygen atoms in total. The number of phenolic OH excluding ortho intramolecular Hbond substituents is 1. The molecule has 0 spiro atoms. The lowest BCUT2D eigenvalue weighted by Crippen LogP contribution is -2.01. The van der Waals surface area contributed by atoms with Crippen molar-refractivity contribution in [2.75, 3.05) is 0 Å². The number of nitrogens with zero attached hydrogens (tertiary/aromatic N) is 2. The van der Waals surface area contributed by atoms with Crippen LogP contribution in [0.5, 0.6) is 5.75 Å². The third-order valence-corrected chi connectivity index (χ3v) is 3.51. The van der Waals surface area contributed by atoms with Gasteiger partial charge in [-0.2, -0.15) is 4.98 Å². The highest BCUT2D eigenvalue weighted by Gasteiger charge is 2.20. The Kier molecular flexibility index (Phi) is 3.65. The molecular formula is C16H11ClN2O3. The maximum atomic E-state index is 12.3. The van der Waals surface area contributed by atoms with Crippen molar-refractivity contribution < 1.29 is 14.4 Å². The predicted octanol–water partition coefficient (Wildman–Crippen LogP) is 3.64. The molecule has 0 radical (unpaired) electrons. The average molecular weight is 315 g/mol. The monoisotopic (exact) mass is 314 g/mol. The molecule has 2 aromatic carbocycles. The van der Waals surface area contributed by atoms with Crippen LogP contribution in [0.15, 0.2) is 47.0 Å². The zero-order valence-electron chi connectivity index (χ0n) is 11.6. The number of carbonyl (C=O) groups is 1. The van der Waals surface area contributed by atoms with Gasteiger partial charge in [-0.1, -0.05) is 28.9 Å². The van der Waals surface area contributed by atoms with E-state index in [9.17, 15) is 9.90 Å². The molecule has 0 saturated heterocycles. The number of phenols is 1. The van der Waals surface area contributed by atoms with E-state index in [4.69, 9.17) is 16.1 Å². The fraction of sp³-hybridized carbons (Fsp3) is 0.0625. The summed E-state index contributed by atoms with van der Waals surface area (Å²) in [6.45, 7) is 1.87. The van der Waals surface area contributed by atoms with Crippen LogP contribution in [0.2, 0.25) is 5.02 Å². The lowest BCUT2D eigenvalue weighted by Gasteiger charge is -2.02. The van der Waals surface area contributed by atoms with E-state index >= 15 is 0 Å². The van der Waals surface area contributed by atoms with Crippen molar-refractivity contribution in [3.8, 4) is 17.1 Å². The summed E-state index contributed by atoms with van der Waals surface area (Å²) < 4.78 is 5.04. The van der Waals surface area contributed by atoms with Gasteiger partial charge in [0.05, 0.1) is 5.02 Å². The fourth-order valence-corrected chi connectivity index (χ4v) is 2.37. The lowest BCUT2D eigenvalue weighted by atomic mass is 10.1. The third-order valence-electron chi connectivity index (χ3n) is 3.20. The van der Waals surface area contributed by atoms with E-state index in [-0.39, 0.29) is 17.5 Å². The Labute approximate surface area is 131 Å². The van der Waals surface area contributed by atoms with Crippen molar-refractivity contribution in [2.45, 2.75) is 6.92 Å². The summed E-state index contributed by atoms with van der Waals surface area (Å²) in [6.07, 6.45) is 0. The molecule has 22 heavy (non-hydrogen) atoms. The van der Waals surface area contributed by atoms with Gasteiger partial charge in [-0.15, -0.1) is 0 Å². The summed E-state index contributed by atoms with van der Waals surface area (Å²) in [5.74, 6) is -0.192. The van der Waals surface area contributed by atoms with Crippen LogP contribution in [-0.2, 0) is 0 Å². The summed E-state index contributed by atoms with van der Waals surface area (Å²) >= 11 is 6.15. The number of carbonyl (C=O) groups excluding carboxylic acids is 1. The number of aromatic nitrogens is 2. The molecule has 0 amide bonds. The van der Waals surface area contributed by atoms with Crippen LogP contribution < -0.4 is 0 Å². The number of benzene rings is 2. The van der Waals surface area contributed by atoms with Gasteiger partial charge in [-0.25, -0.2) is 0 Å². The minimum Gasteiger partial charge on any atom is -0.508 e. The van der Waals surface area contributed by atoms with Crippen molar-refractivity contribution >= 4 is 17.4 Å². The first-order chi connectivity index (χ1) is 10.6. The van der Waals surface area contributed by atoms with Crippen LogP contribution >= 0.6 is 11.6 Å². The molecule has 3 rings (SSSR count). The topological polar surface area (TPSA) is 76.2 Å². The van der Waals surface area contributed by atoms with Gasteiger partial charge in [0.1, 0.15) is 5.75 Å². The molecule has 1 heterocycles. The van der Waals surface area contributed by atoms with Crippen molar-refractivity contribution in [1.82, 2.24) is 10.1 Å². The molecule has 0 bridgehead atoms. The van der Waals surface area contributed by atoms with E-state index in [1.165, 1.54) is 24.3 Å². The molecule has 0 unspecified atom stereocenters. The van der Waals surface area contributed by atoms with Gasteiger partial charge < -0.3 is 9.63 Å². The molecule has 0 aliphatic heterocycles. The number of hydrogen-bond donors (Lipinski definition) is 1. The average Bonchev–Trinajstić information content (AvgIpc) is 2.97. The molecule has 0 atom stereocenters. The van der Waals surface area contributed by atoms with Gasteiger partial charge in [-0.05, 0) is 42.8 Å². The minimum atomic E-state index is -0.413. The van der Waals surface area contributed by atoms with Crippen LogP contribution in [0.4, 0.5) is 0 Å². The maximum Gasteiger partial charge on any atom is 0.299 e. The molecule has 1 N–H and O–H groups in total. The number of ketones is 1. The van der Waals surface area contributed by atoms with Crippen LogP contribution in [0.3, 0.4) is 0 Å². The number of aromatic hydroxyl groups is 1. The molecule has 0 aliphatic rings. The highest BCUT2D eigenvalue weighted by atomic mass is 35.5. The second kappa shape index (κ2) is 5.61. The van der Waals surface area contributed by atoms with E-state index in [1.807, 2.05) is 19.1 Å². The van der Waals surface area contributed by atoms with Gasteiger partial charge in [0, 0.05) is 11.1 Å². The quantitative estimate of drug-likeness (QED) is 0.747. The van der Waals surface area contributed by atoms with Gasteiger partial charge in [0.15, 0.2) is 0 Å². The van der Waals surface area contributed by atoms with Crippen molar-refractivity contribution in [1.29, 1.82) is 0 Å². The van der Waals surface area contributed by atoms with Crippen LogP contribution in [0, 0.1) is 6.92 Å². The summed E-state index contributed by atoms with van der Waals surface area (Å²) in [5.41, 5.74) is 1.87. The Hall–Kier alpha value is -2.66. The lowest BCUT2D eigenvalue weighted by molar-refractivity contribution is 0.0994. The van der Waals surface area contributed by atoms with Gasteiger partial charge in [0.2, 0.25) is 5.82 Å². The Morgan fingerprint density at radius 1 is 1.18 bits per heavy atom. The zero-order chi connectivity index (χ0) is 15.7. The van der Waals surface area contributed by atoms with E-state index in [0.717, 1.165) is 5.56 Å². The van der Waals surface area contributed by atoms with Crippen molar-refractivity contribution in [2.24, 2.45) is 0 Å². The van der Waals surface area contributed by atoms with E-state index in [2.05, 4.69) is 10.1 Å². The van der Waals surface area contributed by atoms with Gasteiger partial charge in [0.25, 0.3) is 11.7 Å².